The van der Waals surface area contributed by atoms with Crippen LogP contribution in [0.15, 0.2) is 53.0 Å². The van der Waals surface area contributed by atoms with E-state index in [0.29, 0.717) is 11.1 Å². The molecule has 1 fully saturated rings. The number of aromatic nitrogens is 4. The first-order valence-corrected chi connectivity index (χ1v) is 10.4. The zero-order valence-electron chi connectivity index (χ0n) is 14.9. The summed E-state index contributed by atoms with van der Waals surface area (Å²) < 4.78 is 3.05. The summed E-state index contributed by atoms with van der Waals surface area (Å²) >= 11 is 9.91. The Hall–Kier alpha value is -1.92. The number of nitrogens with one attached hydrogen (secondary N) is 1. The highest BCUT2D eigenvalue weighted by molar-refractivity contribution is 9.10. The van der Waals surface area contributed by atoms with Crippen molar-refractivity contribution in [2.75, 3.05) is 5.32 Å². The number of halogens is 2. The van der Waals surface area contributed by atoms with Crippen molar-refractivity contribution in [3.8, 4) is 0 Å². The highest BCUT2D eigenvalue weighted by Crippen LogP contribution is 2.33. The molecule has 1 atom stereocenters. The fourth-order valence-electron chi connectivity index (χ4n) is 3.66. The fourth-order valence-corrected chi connectivity index (χ4v) is 4.12. The van der Waals surface area contributed by atoms with E-state index in [4.69, 9.17) is 11.6 Å². The van der Waals surface area contributed by atoms with Gasteiger partial charge in [0.15, 0.2) is 5.82 Å². The topological polar surface area (TPSA) is 55.6 Å². The molecule has 27 heavy (non-hydrogen) atoms. The number of anilines is 1. The molecule has 0 radical (unpaired) electrons. The average Bonchev–Trinajstić information content (AvgIpc) is 3.18. The Labute approximate surface area is 172 Å². The molecule has 1 aliphatic carbocycles. The molecule has 2 aromatic carbocycles. The predicted octanol–water partition coefficient (Wildman–Crippen LogP) is 5.80. The van der Waals surface area contributed by atoms with Gasteiger partial charge in [-0.05, 0) is 53.1 Å². The monoisotopic (exact) mass is 445 g/mol. The molecule has 1 aliphatic rings. The van der Waals surface area contributed by atoms with E-state index < -0.39 is 0 Å². The van der Waals surface area contributed by atoms with E-state index in [2.05, 4.69) is 48.9 Å². The molecule has 4 rings (SSSR count). The Bertz CT molecular complexity index is 889. The van der Waals surface area contributed by atoms with Gasteiger partial charge < -0.3 is 5.32 Å². The van der Waals surface area contributed by atoms with Crippen molar-refractivity contribution in [1.82, 2.24) is 20.2 Å². The molecule has 140 valence electrons. The fraction of sp³-hybridized carbons (Fsp3) is 0.350. The van der Waals surface area contributed by atoms with Gasteiger partial charge in [-0.25, -0.2) is 4.68 Å². The van der Waals surface area contributed by atoms with Crippen molar-refractivity contribution in [2.45, 2.75) is 44.2 Å². The van der Waals surface area contributed by atoms with Crippen molar-refractivity contribution in [3.63, 3.8) is 0 Å². The van der Waals surface area contributed by atoms with Crippen LogP contribution in [-0.2, 0) is 0 Å². The van der Waals surface area contributed by atoms with Crippen molar-refractivity contribution in [1.29, 1.82) is 0 Å². The largest absolute Gasteiger partial charge is 0.370 e. The molecule has 0 amide bonds. The minimum Gasteiger partial charge on any atom is -0.370 e. The molecule has 0 saturated heterocycles. The van der Waals surface area contributed by atoms with Gasteiger partial charge in [0.05, 0.1) is 16.8 Å². The van der Waals surface area contributed by atoms with Crippen LogP contribution in [0.3, 0.4) is 0 Å². The third-order valence-corrected chi connectivity index (χ3v) is 5.93. The number of nitrogens with zero attached hydrogens (tertiary/aromatic N) is 4. The summed E-state index contributed by atoms with van der Waals surface area (Å²) in [4.78, 5) is 0. The quantitative estimate of drug-likeness (QED) is 0.538. The summed E-state index contributed by atoms with van der Waals surface area (Å²) in [5, 5.41) is 17.0. The molecule has 1 N–H and O–H groups in total. The number of rotatable bonds is 5. The summed E-state index contributed by atoms with van der Waals surface area (Å²) in [5.41, 5.74) is 1.95. The van der Waals surface area contributed by atoms with Gasteiger partial charge in [-0.3, -0.25) is 0 Å². The third kappa shape index (κ3) is 4.17. The molecular weight excluding hydrogens is 426 g/mol. The van der Waals surface area contributed by atoms with E-state index in [0.717, 1.165) is 34.4 Å². The van der Waals surface area contributed by atoms with Crippen LogP contribution in [0.5, 0.6) is 0 Å². The van der Waals surface area contributed by atoms with Crippen LogP contribution in [0.1, 0.15) is 55.6 Å². The first-order valence-electron chi connectivity index (χ1n) is 9.26. The Morgan fingerprint density at radius 1 is 1.04 bits per heavy atom. The Kier molecular flexibility index (Phi) is 5.74. The van der Waals surface area contributed by atoms with Crippen LogP contribution < -0.4 is 5.32 Å². The predicted molar refractivity (Wildman–Crippen MR) is 111 cm³/mol. The zero-order valence-corrected chi connectivity index (χ0v) is 17.2. The van der Waals surface area contributed by atoms with Gasteiger partial charge in [0.25, 0.3) is 0 Å². The summed E-state index contributed by atoms with van der Waals surface area (Å²) in [6, 6.07) is 16.2. The first kappa shape index (κ1) is 18.4. The molecule has 1 aromatic heterocycles. The molecule has 0 spiro atoms. The first-order chi connectivity index (χ1) is 13.2. The lowest BCUT2D eigenvalue weighted by molar-refractivity contribution is 0.315. The minimum absolute atomic E-state index is 0.185. The second-order valence-corrected chi connectivity index (χ2v) is 8.21. The standard InChI is InChI=1S/C20H21BrClN5/c21-15-12-10-14(11-13-15)19(23-18-9-5-4-8-17(18)22)20-24-25-26-27(20)16-6-2-1-3-7-16/h4-5,8-13,16,19,23H,1-3,6-7H2. The van der Waals surface area contributed by atoms with Gasteiger partial charge in [-0.15, -0.1) is 5.10 Å². The summed E-state index contributed by atoms with van der Waals surface area (Å²) in [5.74, 6) is 0.823. The van der Waals surface area contributed by atoms with Gasteiger partial charge in [0, 0.05) is 4.47 Å². The maximum atomic E-state index is 6.40. The van der Waals surface area contributed by atoms with E-state index >= 15 is 0 Å². The number of para-hydroxylation sites is 1. The molecule has 1 heterocycles. The molecule has 0 aliphatic heterocycles. The minimum atomic E-state index is -0.185. The SMILES string of the molecule is Clc1ccccc1NC(c1ccc(Br)cc1)c1nnnn1C1CCCCC1. The molecule has 1 saturated carbocycles. The van der Waals surface area contributed by atoms with Crippen molar-refractivity contribution < 1.29 is 0 Å². The molecule has 1 unspecified atom stereocenters. The molecule has 3 aromatic rings. The van der Waals surface area contributed by atoms with Crippen LogP contribution >= 0.6 is 27.5 Å². The van der Waals surface area contributed by atoms with E-state index in [1.807, 2.05) is 41.1 Å². The summed E-state index contributed by atoms with van der Waals surface area (Å²) in [6.45, 7) is 0. The van der Waals surface area contributed by atoms with E-state index in [9.17, 15) is 0 Å². The molecule has 0 bridgehead atoms. The number of hydrogen-bond acceptors (Lipinski definition) is 4. The van der Waals surface area contributed by atoms with Crippen LogP contribution in [0.25, 0.3) is 0 Å². The highest BCUT2D eigenvalue weighted by Gasteiger charge is 2.26. The molecule has 5 nitrogen and oxygen atoms in total. The van der Waals surface area contributed by atoms with Crippen LogP contribution in [-0.4, -0.2) is 20.2 Å². The average molecular weight is 447 g/mol. The van der Waals surface area contributed by atoms with E-state index in [1.54, 1.807) is 0 Å². The zero-order chi connectivity index (χ0) is 18.6. The van der Waals surface area contributed by atoms with Crippen molar-refractivity contribution in [3.05, 3.63) is 69.4 Å². The maximum Gasteiger partial charge on any atom is 0.178 e. The summed E-state index contributed by atoms with van der Waals surface area (Å²) in [6.07, 6.45) is 5.99. The number of tetrazole rings is 1. The highest BCUT2D eigenvalue weighted by atomic mass is 79.9. The van der Waals surface area contributed by atoms with Gasteiger partial charge in [-0.1, -0.05) is 71.1 Å². The normalized spacial score (nSPS) is 16.2. The second kappa shape index (κ2) is 8.40. The van der Waals surface area contributed by atoms with Gasteiger partial charge in [0.1, 0.15) is 6.04 Å². The lowest BCUT2D eigenvalue weighted by Crippen LogP contribution is -2.23. The Morgan fingerprint density at radius 3 is 2.52 bits per heavy atom. The number of hydrogen-bond donors (Lipinski definition) is 1. The third-order valence-electron chi connectivity index (χ3n) is 5.07. The van der Waals surface area contributed by atoms with Gasteiger partial charge >= 0.3 is 0 Å². The van der Waals surface area contributed by atoms with Crippen molar-refractivity contribution >= 4 is 33.2 Å². The lowest BCUT2D eigenvalue weighted by Gasteiger charge is -2.26. The smallest absolute Gasteiger partial charge is 0.178 e. The summed E-state index contributed by atoms with van der Waals surface area (Å²) in [7, 11) is 0. The molecular formula is C20H21BrClN5. The van der Waals surface area contributed by atoms with Gasteiger partial charge in [0.2, 0.25) is 0 Å². The number of benzene rings is 2. The maximum absolute atomic E-state index is 6.40. The Balaban J connectivity index is 1.73. The Morgan fingerprint density at radius 2 is 1.78 bits per heavy atom. The van der Waals surface area contributed by atoms with Crippen LogP contribution in [0.4, 0.5) is 5.69 Å². The van der Waals surface area contributed by atoms with E-state index in [-0.39, 0.29) is 6.04 Å². The van der Waals surface area contributed by atoms with Crippen LogP contribution in [0.2, 0.25) is 5.02 Å². The van der Waals surface area contributed by atoms with Crippen LogP contribution in [0, 0.1) is 0 Å². The van der Waals surface area contributed by atoms with Gasteiger partial charge in [-0.2, -0.15) is 0 Å². The van der Waals surface area contributed by atoms with Crippen molar-refractivity contribution in [2.24, 2.45) is 0 Å². The molecule has 7 heteroatoms. The second-order valence-electron chi connectivity index (χ2n) is 6.88. The lowest BCUT2D eigenvalue weighted by atomic mass is 9.95. The van der Waals surface area contributed by atoms with E-state index in [1.165, 1.54) is 19.3 Å².